The Hall–Kier alpha value is -3.60. The maximum absolute atomic E-state index is 12.9. The van der Waals surface area contributed by atoms with Gasteiger partial charge >= 0.3 is 0 Å². The summed E-state index contributed by atoms with van der Waals surface area (Å²) in [5, 5.41) is 0.900. The predicted octanol–water partition coefficient (Wildman–Crippen LogP) is 4.71. The summed E-state index contributed by atoms with van der Waals surface area (Å²) in [5.74, 6) is 0.811. The van der Waals surface area contributed by atoms with Crippen molar-refractivity contribution in [1.82, 2.24) is 19.9 Å². The third-order valence-corrected chi connectivity index (χ3v) is 8.81. The van der Waals surface area contributed by atoms with E-state index in [1.54, 1.807) is 19.4 Å². The zero-order valence-electron chi connectivity index (χ0n) is 23.5. The van der Waals surface area contributed by atoms with Gasteiger partial charge in [-0.2, -0.15) is 0 Å². The minimum absolute atomic E-state index is 0.0122. The minimum Gasteiger partial charge on any atom is -0.379 e. The molecule has 210 valence electrons. The Labute approximate surface area is 236 Å². The van der Waals surface area contributed by atoms with E-state index in [4.69, 9.17) is 4.74 Å². The largest absolute Gasteiger partial charge is 0.379 e. The Balaban J connectivity index is 1.44. The lowest BCUT2D eigenvalue weighted by Crippen LogP contribution is -2.39. The van der Waals surface area contributed by atoms with Crippen LogP contribution >= 0.6 is 0 Å². The van der Waals surface area contributed by atoms with Crippen molar-refractivity contribution in [2.75, 3.05) is 55.3 Å². The van der Waals surface area contributed by atoms with Crippen molar-refractivity contribution < 1.29 is 13.2 Å². The number of anilines is 3. The van der Waals surface area contributed by atoms with E-state index < -0.39 is 10.0 Å². The second-order valence-electron chi connectivity index (χ2n) is 10.1. The number of sulfonamides is 1. The molecule has 0 atom stereocenters. The summed E-state index contributed by atoms with van der Waals surface area (Å²) in [6.07, 6.45) is 4.32. The molecule has 0 unspecified atom stereocenters. The third kappa shape index (κ3) is 6.09. The molecule has 9 nitrogen and oxygen atoms in total. The van der Waals surface area contributed by atoms with Gasteiger partial charge in [0.25, 0.3) is 0 Å². The summed E-state index contributed by atoms with van der Waals surface area (Å²) < 4.78 is 34.0. The van der Waals surface area contributed by atoms with Gasteiger partial charge in [0.15, 0.2) is 0 Å². The highest BCUT2D eigenvalue weighted by Crippen LogP contribution is 2.34. The normalized spacial score (nSPS) is 14.4. The quantitative estimate of drug-likeness (QED) is 0.314. The third-order valence-electron chi connectivity index (χ3n) is 7.56. The Bertz CT molecular complexity index is 1620. The first-order valence-corrected chi connectivity index (χ1v) is 15.3. The Morgan fingerprint density at radius 3 is 2.60 bits per heavy atom. The van der Waals surface area contributed by atoms with Gasteiger partial charge in [-0.25, -0.2) is 18.4 Å². The molecule has 1 saturated heterocycles. The van der Waals surface area contributed by atoms with Gasteiger partial charge in [-0.1, -0.05) is 25.1 Å². The van der Waals surface area contributed by atoms with Gasteiger partial charge in [0.1, 0.15) is 12.1 Å². The highest BCUT2D eigenvalue weighted by Gasteiger charge is 2.18. The molecule has 10 heteroatoms. The van der Waals surface area contributed by atoms with Crippen LogP contribution in [0.5, 0.6) is 0 Å². The zero-order chi connectivity index (χ0) is 28.3. The summed E-state index contributed by atoms with van der Waals surface area (Å²) >= 11 is 0. The number of rotatable bonds is 9. The summed E-state index contributed by atoms with van der Waals surface area (Å²) in [5.41, 5.74) is 7.25. The van der Waals surface area contributed by atoms with E-state index in [1.807, 2.05) is 31.3 Å². The molecule has 4 aromatic rings. The fourth-order valence-electron chi connectivity index (χ4n) is 5.11. The topological polar surface area (TPSA) is 101 Å². The average Bonchev–Trinajstić information content (AvgIpc) is 2.97. The first-order chi connectivity index (χ1) is 19.3. The van der Waals surface area contributed by atoms with Gasteiger partial charge in [0.05, 0.1) is 35.9 Å². The lowest BCUT2D eigenvalue weighted by Gasteiger charge is -2.26. The van der Waals surface area contributed by atoms with Gasteiger partial charge in [-0.15, -0.1) is 0 Å². The maximum atomic E-state index is 12.9. The lowest BCUT2D eigenvalue weighted by atomic mass is 10.0. The number of benzene rings is 2. The van der Waals surface area contributed by atoms with Crippen LogP contribution in [0.1, 0.15) is 23.7 Å². The fraction of sp³-hybridized carbons (Fsp3) is 0.367. The summed E-state index contributed by atoms with van der Waals surface area (Å²) in [4.78, 5) is 17.9. The Kier molecular flexibility index (Phi) is 8.30. The van der Waals surface area contributed by atoms with Gasteiger partial charge in [0.2, 0.25) is 10.0 Å². The highest BCUT2D eigenvalue weighted by atomic mass is 32.2. The molecule has 0 radical (unpaired) electrons. The van der Waals surface area contributed by atoms with Crippen molar-refractivity contribution in [2.24, 2.45) is 0 Å². The van der Waals surface area contributed by atoms with Crippen LogP contribution in [0, 0.1) is 13.8 Å². The molecular formula is C30H36N6O3S. The van der Waals surface area contributed by atoms with Crippen molar-refractivity contribution in [3.63, 3.8) is 0 Å². The van der Waals surface area contributed by atoms with Gasteiger partial charge < -0.3 is 9.64 Å². The van der Waals surface area contributed by atoms with E-state index in [2.05, 4.69) is 61.5 Å². The zero-order valence-corrected chi connectivity index (χ0v) is 24.3. The van der Waals surface area contributed by atoms with Crippen molar-refractivity contribution in [2.45, 2.75) is 27.2 Å². The number of nitrogens with one attached hydrogen (secondary N) is 1. The SMILES string of the molecule is CCc1cccc(N(C)c2ncnc3ccc(-c4cnc(C)c(NS(=O)(=O)CCN5CCOCC5)c4)cc23)c1C. The fourth-order valence-corrected chi connectivity index (χ4v) is 6.25. The Morgan fingerprint density at radius 1 is 1.02 bits per heavy atom. The molecule has 3 heterocycles. The van der Waals surface area contributed by atoms with Crippen molar-refractivity contribution in [3.8, 4) is 11.1 Å². The molecule has 0 amide bonds. The van der Waals surface area contributed by atoms with Gasteiger partial charge in [-0.05, 0) is 61.2 Å². The molecule has 0 saturated carbocycles. The molecule has 1 fully saturated rings. The molecule has 1 aliphatic heterocycles. The summed E-state index contributed by atoms with van der Waals surface area (Å²) in [6.45, 7) is 9.34. The number of pyridine rings is 1. The highest BCUT2D eigenvalue weighted by molar-refractivity contribution is 7.92. The molecule has 0 spiro atoms. The molecule has 0 bridgehead atoms. The van der Waals surface area contributed by atoms with Crippen LogP contribution in [0.3, 0.4) is 0 Å². The second kappa shape index (κ2) is 11.9. The number of fused-ring (bicyclic) bond motifs is 1. The maximum Gasteiger partial charge on any atom is 0.234 e. The van der Waals surface area contributed by atoms with E-state index in [1.165, 1.54) is 11.1 Å². The monoisotopic (exact) mass is 560 g/mol. The van der Waals surface area contributed by atoms with Gasteiger partial charge in [0, 0.05) is 49.5 Å². The van der Waals surface area contributed by atoms with Crippen LogP contribution in [0.2, 0.25) is 0 Å². The van der Waals surface area contributed by atoms with E-state index in [-0.39, 0.29) is 5.75 Å². The molecule has 2 aromatic carbocycles. The number of nitrogens with zero attached hydrogens (tertiary/aromatic N) is 5. The van der Waals surface area contributed by atoms with E-state index in [0.29, 0.717) is 31.1 Å². The molecule has 2 aromatic heterocycles. The van der Waals surface area contributed by atoms with Crippen LogP contribution in [0.15, 0.2) is 55.0 Å². The van der Waals surface area contributed by atoms with Crippen molar-refractivity contribution in [1.29, 1.82) is 0 Å². The molecule has 1 N–H and O–H groups in total. The smallest absolute Gasteiger partial charge is 0.234 e. The number of aromatic nitrogens is 3. The molecular weight excluding hydrogens is 524 g/mol. The molecule has 40 heavy (non-hydrogen) atoms. The first kappa shape index (κ1) is 27.9. The molecule has 0 aliphatic carbocycles. The van der Waals surface area contributed by atoms with Crippen LogP contribution < -0.4 is 9.62 Å². The lowest BCUT2D eigenvalue weighted by molar-refractivity contribution is 0.0408. The summed E-state index contributed by atoms with van der Waals surface area (Å²) in [6, 6.07) is 14.2. The average molecular weight is 561 g/mol. The molecule has 5 rings (SSSR count). The van der Waals surface area contributed by atoms with Gasteiger partial charge in [-0.3, -0.25) is 14.6 Å². The van der Waals surface area contributed by atoms with Crippen LogP contribution in [0.4, 0.5) is 17.2 Å². The number of morpholine rings is 1. The standard InChI is InChI=1S/C30H36N6O3S/c1-5-23-7-6-8-29(21(23)2)35(4)30-26-17-24(9-10-27(26)32-20-33-30)25-18-28(22(3)31-19-25)34-40(37,38)16-13-36-11-14-39-15-12-36/h6-10,17-20,34H,5,11-16H2,1-4H3. The second-order valence-corrected chi connectivity index (χ2v) is 12.0. The van der Waals surface area contributed by atoms with Crippen LogP contribution in [0.25, 0.3) is 22.0 Å². The minimum atomic E-state index is -3.55. The first-order valence-electron chi connectivity index (χ1n) is 13.6. The van der Waals surface area contributed by atoms with Crippen molar-refractivity contribution in [3.05, 3.63) is 71.8 Å². The number of hydrogen-bond acceptors (Lipinski definition) is 8. The van der Waals surface area contributed by atoms with E-state index in [0.717, 1.165) is 53.0 Å². The van der Waals surface area contributed by atoms with Crippen molar-refractivity contribution >= 4 is 38.1 Å². The number of ether oxygens (including phenoxy) is 1. The Morgan fingerprint density at radius 2 is 1.82 bits per heavy atom. The van der Waals surface area contributed by atoms with E-state index >= 15 is 0 Å². The predicted molar refractivity (Wildman–Crippen MR) is 161 cm³/mol. The van der Waals surface area contributed by atoms with Crippen LogP contribution in [-0.4, -0.2) is 73.9 Å². The summed E-state index contributed by atoms with van der Waals surface area (Å²) in [7, 11) is -1.53. The van der Waals surface area contributed by atoms with E-state index in [9.17, 15) is 8.42 Å². The number of aryl methyl sites for hydroxylation is 2. The van der Waals surface area contributed by atoms with Crippen LogP contribution in [-0.2, 0) is 21.2 Å². The molecule has 1 aliphatic rings. The number of hydrogen-bond donors (Lipinski definition) is 1.